The van der Waals surface area contributed by atoms with Crippen molar-refractivity contribution in [3.05, 3.63) is 17.1 Å². The van der Waals surface area contributed by atoms with Gasteiger partial charge in [-0.3, -0.25) is 0 Å². The van der Waals surface area contributed by atoms with E-state index in [4.69, 9.17) is 4.42 Å². The Balaban J connectivity index is 2.38. The second-order valence-electron chi connectivity index (χ2n) is 4.85. The largest absolute Gasteiger partial charge is 0.465 e. The number of furan rings is 1. The molecule has 0 amide bonds. The summed E-state index contributed by atoms with van der Waals surface area (Å²) in [4.78, 5) is 11.5. The molecular weight excluding hydrogens is 286 g/mol. The number of carbonyl (C=O) groups is 1. The SMILES string of the molecule is COC(=O)c1c(C)oc(C)c1S(=O)(=O)NC1CC(O)C1. The van der Waals surface area contributed by atoms with Crippen LogP contribution in [-0.4, -0.2) is 38.7 Å². The van der Waals surface area contributed by atoms with E-state index < -0.39 is 22.1 Å². The van der Waals surface area contributed by atoms with Crippen LogP contribution in [0.5, 0.6) is 0 Å². The molecule has 0 aromatic carbocycles. The van der Waals surface area contributed by atoms with Gasteiger partial charge >= 0.3 is 5.97 Å². The number of sulfonamides is 1. The maximum atomic E-state index is 12.4. The normalized spacial score (nSPS) is 22.4. The van der Waals surface area contributed by atoms with Crippen LogP contribution in [0.3, 0.4) is 0 Å². The monoisotopic (exact) mass is 303 g/mol. The van der Waals surface area contributed by atoms with Crippen molar-refractivity contribution < 1.29 is 27.5 Å². The number of methoxy groups -OCH3 is 1. The first kappa shape index (κ1) is 15.0. The number of rotatable bonds is 4. The molecule has 1 aromatic heterocycles. The maximum Gasteiger partial charge on any atom is 0.342 e. The highest BCUT2D eigenvalue weighted by Gasteiger charge is 2.36. The fraction of sp³-hybridized carbons (Fsp3) is 0.583. The number of esters is 1. The summed E-state index contributed by atoms with van der Waals surface area (Å²) in [6, 6.07) is -0.324. The predicted molar refractivity (Wildman–Crippen MR) is 68.9 cm³/mol. The summed E-state index contributed by atoms with van der Waals surface area (Å²) in [5.74, 6) is -0.424. The van der Waals surface area contributed by atoms with Crippen LogP contribution >= 0.6 is 0 Å². The van der Waals surface area contributed by atoms with Gasteiger partial charge in [-0.1, -0.05) is 0 Å². The Morgan fingerprint density at radius 1 is 1.35 bits per heavy atom. The Morgan fingerprint density at radius 2 is 1.95 bits per heavy atom. The second-order valence-corrected chi connectivity index (χ2v) is 6.50. The van der Waals surface area contributed by atoms with E-state index >= 15 is 0 Å². The number of aryl methyl sites for hydroxylation is 2. The van der Waals surface area contributed by atoms with Gasteiger partial charge in [0.05, 0.1) is 13.2 Å². The first-order chi connectivity index (χ1) is 9.26. The zero-order valence-corrected chi connectivity index (χ0v) is 12.3. The molecule has 112 valence electrons. The predicted octanol–water partition coefficient (Wildman–Crippen LogP) is 0.485. The summed E-state index contributed by atoms with van der Waals surface area (Å²) in [6.45, 7) is 2.98. The fourth-order valence-corrected chi connectivity index (χ4v) is 3.95. The lowest BCUT2D eigenvalue weighted by molar-refractivity contribution is 0.0593. The molecule has 20 heavy (non-hydrogen) atoms. The van der Waals surface area contributed by atoms with Crippen LogP contribution in [0.4, 0.5) is 0 Å². The van der Waals surface area contributed by atoms with Crippen LogP contribution in [0.15, 0.2) is 9.31 Å². The van der Waals surface area contributed by atoms with Gasteiger partial charge < -0.3 is 14.3 Å². The first-order valence-electron chi connectivity index (χ1n) is 6.15. The molecule has 2 rings (SSSR count). The second kappa shape index (κ2) is 5.19. The topological polar surface area (TPSA) is 106 Å². The van der Waals surface area contributed by atoms with Crippen LogP contribution in [0.1, 0.15) is 34.7 Å². The molecule has 0 unspecified atom stereocenters. The van der Waals surface area contributed by atoms with Crippen LogP contribution in [0.2, 0.25) is 0 Å². The third-order valence-electron chi connectivity index (χ3n) is 3.30. The van der Waals surface area contributed by atoms with Gasteiger partial charge in [0.2, 0.25) is 10.0 Å². The van der Waals surface area contributed by atoms with Crippen LogP contribution in [0, 0.1) is 13.8 Å². The Morgan fingerprint density at radius 3 is 2.45 bits per heavy atom. The zero-order valence-electron chi connectivity index (χ0n) is 11.5. The lowest BCUT2D eigenvalue weighted by Crippen LogP contribution is -2.46. The highest BCUT2D eigenvalue weighted by molar-refractivity contribution is 7.89. The minimum Gasteiger partial charge on any atom is -0.465 e. The van der Waals surface area contributed by atoms with Crippen molar-refractivity contribution in [2.45, 2.75) is 43.7 Å². The molecule has 8 heteroatoms. The molecule has 1 aliphatic rings. The van der Waals surface area contributed by atoms with Gasteiger partial charge in [-0.05, 0) is 26.7 Å². The smallest absolute Gasteiger partial charge is 0.342 e. The van der Waals surface area contributed by atoms with Crippen molar-refractivity contribution in [3.63, 3.8) is 0 Å². The first-order valence-corrected chi connectivity index (χ1v) is 7.63. The van der Waals surface area contributed by atoms with E-state index in [9.17, 15) is 18.3 Å². The molecule has 7 nitrogen and oxygen atoms in total. The molecule has 0 spiro atoms. The molecule has 0 bridgehead atoms. The summed E-state index contributed by atoms with van der Waals surface area (Å²) in [6.07, 6.45) is 0.251. The number of ether oxygens (including phenoxy) is 1. The number of aliphatic hydroxyl groups excluding tert-OH is 1. The molecule has 0 radical (unpaired) electrons. The average molecular weight is 303 g/mol. The highest BCUT2D eigenvalue weighted by Crippen LogP contribution is 2.29. The van der Waals surface area contributed by atoms with E-state index in [1.807, 2.05) is 0 Å². The Kier molecular flexibility index (Phi) is 3.90. The molecular formula is C12H17NO6S. The molecule has 0 aliphatic heterocycles. The number of aliphatic hydroxyl groups is 1. The summed E-state index contributed by atoms with van der Waals surface area (Å²) >= 11 is 0. The van der Waals surface area contributed by atoms with Crippen molar-refractivity contribution in [1.29, 1.82) is 0 Å². The van der Waals surface area contributed by atoms with Crippen molar-refractivity contribution in [1.82, 2.24) is 4.72 Å². The number of hydrogen-bond acceptors (Lipinski definition) is 6. The number of carbonyl (C=O) groups excluding carboxylic acids is 1. The van der Waals surface area contributed by atoms with Crippen LogP contribution in [0.25, 0.3) is 0 Å². The summed E-state index contributed by atoms with van der Waals surface area (Å²) in [5.41, 5.74) is -0.0858. The Hall–Kier alpha value is -1.38. The lowest BCUT2D eigenvalue weighted by atomic mass is 9.91. The van der Waals surface area contributed by atoms with Crippen LogP contribution in [-0.2, 0) is 14.8 Å². The average Bonchev–Trinajstić information content (AvgIpc) is 2.61. The van der Waals surface area contributed by atoms with Gasteiger partial charge in [-0.15, -0.1) is 0 Å². The summed E-state index contributed by atoms with van der Waals surface area (Å²) in [5, 5.41) is 9.20. The van der Waals surface area contributed by atoms with E-state index in [2.05, 4.69) is 9.46 Å². The van der Waals surface area contributed by atoms with Crippen molar-refractivity contribution in [2.75, 3.05) is 7.11 Å². The van der Waals surface area contributed by atoms with Gasteiger partial charge in [0, 0.05) is 6.04 Å². The highest BCUT2D eigenvalue weighted by atomic mass is 32.2. The van der Waals surface area contributed by atoms with E-state index in [1.54, 1.807) is 0 Å². The van der Waals surface area contributed by atoms with E-state index in [0.29, 0.717) is 12.8 Å². The lowest BCUT2D eigenvalue weighted by Gasteiger charge is -2.31. The molecule has 0 saturated heterocycles. The van der Waals surface area contributed by atoms with Crippen molar-refractivity contribution in [2.24, 2.45) is 0 Å². The van der Waals surface area contributed by atoms with E-state index in [1.165, 1.54) is 21.0 Å². The molecule has 1 saturated carbocycles. The van der Waals surface area contributed by atoms with Gasteiger partial charge in [0.15, 0.2) is 0 Å². The number of hydrogen-bond donors (Lipinski definition) is 2. The maximum absolute atomic E-state index is 12.4. The van der Waals surface area contributed by atoms with Gasteiger partial charge in [-0.25, -0.2) is 17.9 Å². The summed E-state index contributed by atoms with van der Waals surface area (Å²) < 4.78 is 37.0. The Labute approximate surface area is 117 Å². The molecule has 1 heterocycles. The van der Waals surface area contributed by atoms with Crippen LogP contribution < -0.4 is 4.72 Å². The van der Waals surface area contributed by atoms with Crippen molar-refractivity contribution in [3.8, 4) is 0 Å². The molecule has 0 atom stereocenters. The minimum atomic E-state index is -3.90. The zero-order chi connectivity index (χ0) is 15.1. The third-order valence-corrected chi connectivity index (χ3v) is 4.97. The molecule has 2 N–H and O–H groups in total. The van der Waals surface area contributed by atoms with Gasteiger partial charge in [0.25, 0.3) is 0 Å². The van der Waals surface area contributed by atoms with Crippen molar-refractivity contribution >= 4 is 16.0 Å². The van der Waals surface area contributed by atoms with Gasteiger partial charge in [-0.2, -0.15) is 0 Å². The van der Waals surface area contributed by atoms with E-state index in [0.717, 1.165) is 0 Å². The Bertz CT molecular complexity index is 627. The standard InChI is InChI=1S/C12H17NO6S/c1-6-10(12(15)18-3)11(7(2)19-6)20(16,17)13-8-4-9(14)5-8/h8-9,13-14H,4-5H2,1-3H3. The third kappa shape index (κ3) is 2.58. The quantitative estimate of drug-likeness (QED) is 0.784. The molecule has 1 aromatic rings. The molecule has 1 fully saturated rings. The van der Waals surface area contributed by atoms with Gasteiger partial charge in [0.1, 0.15) is 22.0 Å². The molecule has 1 aliphatic carbocycles. The fourth-order valence-electron chi connectivity index (χ4n) is 2.29. The van der Waals surface area contributed by atoms with E-state index in [-0.39, 0.29) is 28.0 Å². The minimum absolute atomic E-state index is 0.0858. The summed E-state index contributed by atoms with van der Waals surface area (Å²) in [7, 11) is -2.72. The number of nitrogens with one attached hydrogen (secondary N) is 1.